The number of allylic oxidation sites excluding steroid dienone is 1. The van der Waals surface area contributed by atoms with Crippen LogP contribution >= 0.6 is 0 Å². The fourth-order valence-corrected chi connectivity index (χ4v) is 5.96. The highest BCUT2D eigenvalue weighted by atomic mass is 16.5. The highest BCUT2D eigenvalue weighted by Gasteiger charge is 2.53. The molecule has 3 aliphatic heterocycles. The summed E-state index contributed by atoms with van der Waals surface area (Å²) in [5, 5.41) is 6.08. The molecule has 2 fully saturated rings. The molecule has 0 atom stereocenters. The van der Waals surface area contributed by atoms with E-state index in [4.69, 9.17) is 9.47 Å². The molecule has 8 nitrogen and oxygen atoms in total. The number of aryl methyl sites for hydroxylation is 2. The van der Waals surface area contributed by atoms with E-state index in [1.165, 1.54) is 11.3 Å². The quantitative estimate of drug-likeness (QED) is 0.459. The van der Waals surface area contributed by atoms with Gasteiger partial charge in [-0.15, -0.1) is 0 Å². The number of carbonyl (C=O) groups excluding carboxylic acids is 2. The number of benzene rings is 2. The van der Waals surface area contributed by atoms with Gasteiger partial charge in [-0.3, -0.25) is 9.69 Å². The van der Waals surface area contributed by atoms with Crippen LogP contribution in [0.1, 0.15) is 62.3 Å². The van der Waals surface area contributed by atoms with E-state index in [-0.39, 0.29) is 11.6 Å². The van der Waals surface area contributed by atoms with Crippen LogP contribution in [-0.2, 0) is 17.8 Å². The van der Waals surface area contributed by atoms with Crippen molar-refractivity contribution in [1.82, 2.24) is 15.1 Å². The monoisotopic (exact) mass is 550 g/mol. The third kappa shape index (κ3) is 6.28. The Morgan fingerprint density at radius 3 is 2.42 bits per heavy atom. The lowest BCUT2D eigenvalue weighted by atomic mass is 9.83. The summed E-state index contributed by atoms with van der Waals surface area (Å²) in [7, 11) is 3.36. The Hall–Kier alpha value is -3.52. The molecule has 1 spiro atoms. The van der Waals surface area contributed by atoms with E-state index < -0.39 is 0 Å². The van der Waals surface area contributed by atoms with Crippen molar-refractivity contribution in [2.24, 2.45) is 0 Å². The summed E-state index contributed by atoms with van der Waals surface area (Å²) in [6.45, 7) is 13.3. The fourth-order valence-electron chi connectivity index (χ4n) is 5.96. The van der Waals surface area contributed by atoms with Gasteiger partial charge >= 0.3 is 6.03 Å². The number of likely N-dealkylation sites (N-methyl/N-ethyl adjacent to an activating group) is 1. The van der Waals surface area contributed by atoms with Crippen LogP contribution < -0.4 is 20.1 Å². The summed E-state index contributed by atoms with van der Waals surface area (Å²) in [5.74, 6) is 1.61. The van der Waals surface area contributed by atoms with Gasteiger partial charge in [-0.05, 0) is 93.9 Å². The van der Waals surface area contributed by atoms with Crippen molar-refractivity contribution in [1.29, 1.82) is 0 Å². The van der Waals surface area contributed by atoms with Crippen molar-refractivity contribution in [3.63, 3.8) is 0 Å². The molecule has 0 bridgehead atoms. The number of rotatable bonds is 5. The average Bonchev–Trinajstić information content (AvgIpc) is 3.16. The zero-order chi connectivity index (χ0) is 29.3. The second-order valence-corrected chi connectivity index (χ2v) is 10.1. The SMILES string of the molecule is CC.CCN1C(=O)N2Cc3cc(OC)cc(OC)c3CC/C=C\2C12CCNCC2.Cc1ccc(C)c(NC=O)c1. The second kappa shape index (κ2) is 14.2. The van der Waals surface area contributed by atoms with Crippen LogP contribution in [0.2, 0.25) is 0 Å². The van der Waals surface area contributed by atoms with Crippen LogP contribution in [0.3, 0.4) is 0 Å². The molecule has 0 unspecified atom stereocenters. The van der Waals surface area contributed by atoms with Gasteiger partial charge in [0.15, 0.2) is 0 Å². The van der Waals surface area contributed by atoms with Gasteiger partial charge in [0.25, 0.3) is 0 Å². The molecule has 3 heterocycles. The Labute approximate surface area is 239 Å². The standard InChI is InChI=1S/C21H29N3O3.C9H11NO.C2H6/c1-4-24-20(25)23-14-15-12-16(26-2)13-18(27-3)17(15)6-5-7-19(23)21(24)8-10-22-11-9-21;1-7-3-4-8(2)9(5-7)10-6-11;1-2/h7,12-13,22H,4-6,8-11,14H2,1-3H3;3-6H,1-2H3,(H,10,11);1-2H3/b19-7-;;. The zero-order valence-corrected chi connectivity index (χ0v) is 25.2. The third-order valence-corrected chi connectivity index (χ3v) is 7.89. The van der Waals surface area contributed by atoms with Crippen molar-refractivity contribution in [3.05, 3.63) is 64.4 Å². The summed E-state index contributed by atoms with van der Waals surface area (Å²) < 4.78 is 11.1. The first kappa shape index (κ1) is 31.0. The van der Waals surface area contributed by atoms with E-state index in [0.717, 1.165) is 79.2 Å². The maximum absolute atomic E-state index is 13.4. The van der Waals surface area contributed by atoms with Crippen LogP contribution in [0.4, 0.5) is 10.5 Å². The molecule has 8 heteroatoms. The maximum Gasteiger partial charge on any atom is 0.325 e. The largest absolute Gasteiger partial charge is 0.497 e. The first-order valence-electron chi connectivity index (χ1n) is 14.4. The molecular weight excluding hydrogens is 504 g/mol. The third-order valence-electron chi connectivity index (χ3n) is 7.89. The average molecular weight is 551 g/mol. The Morgan fingerprint density at radius 2 is 1.80 bits per heavy atom. The minimum atomic E-state index is -0.155. The van der Waals surface area contributed by atoms with Gasteiger partial charge in [-0.1, -0.05) is 32.1 Å². The summed E-state index contributed by atoms with van der Waals surface area (Å²) in [5.41, 5.74) is 6.46. The summed E-state index contributed by atoms with van der Waals surface area (Å²) in [6, 6.07) is 10.1. The molecule has 2 aromatic carbocycles. The molecule has 218 valence electrons. The Balaban J connectivity index is 0.000000285. The lowest BCUT2D eigenvalue weighted by Gasteiger charge is -2.41. The van der Waals surface area contributed by atoms with Gasteiger partial charge in [0.2, 0.25) is 6.41 Å². The van der Waals surface area contributed by atoms with Gasteiger partial charge in [0.1, 0.15) is 11.5 Å². The zero-order valence-electron chi connectivity index (χ0n) is 25.2. The van der Waals surface area contributed by atoms with Crippen molar-refractivity contribution in [2.45, 2.75) is 72.4 Å². The maximum atomic E-state index is 13.4. The molecule has 2 aromatic rings. The number of methoxy groups -OCH3 is 2. The highest BCUT2D eigenvalue weighted by Crippen LogP contribution is 2.45. The Kier molecular flexibility index (Phi) is 11.0. The number of amides is 3. The Bertz CT molecular complexity index is 1200. The van der Waals surface area contributed by atoms with Gasteiger partial charge < -0.3 is 25.0 Å². The van der Waals surface area contributed by atoms with Crippen molar-refractivity contribution < 1.29 is 19.1 Å². The van der Waals surface area contributed by atoms with Crippen LogP contribution in [-0.4, -0.2) is 61.6 Å². The van der Waals surface area contributed by atoms with Gasteiger partial charge in [-0.2, -0.15) is 0 Å². The molecule has 2 saturated heterocycles. The van der Waals surface area contributed by atoms with E-state index in [0.29, 0.717) is 13.0 Å². The number of nitrogens with one attached hydrogen (secondary N) is 2. The summed E-state index contributed by atoms with van der Waals surface area (Å²) in [6.07, 6.45) is 6.76. The number of nitrogens with zero attached hydrogens (tertiary/aromatic N) is 2. The summed E-state index contributed by atoms with van der Waals surface area (Å²) in [4.78, 5) is 27.6. The van der Waals surface area contributed by atoms with E-state index in [9.17, 15) is 9.59 Å². The molecule has 2 N–H and O–H groups in total. The highest BCUT2D eigenvalue weighted by molar-refractivity contribution is 5.82. The normalized spacial score (nSPS) is 18.4. The lowest BCUT2D eigenvalue weighted by Crippen LogP contribution is -2.52. The predicted octanol–water partition coefficient (Wildman–Crippen LogP) is 5.81. The molecule has 0 aliphatic carbocycles. The van der Waals surface area contributed by atoms with Crippen molar-refractivity contribution >= 4 is 18.1 Å². The first-order valence-corrected chi connectivity index (χ1v) is 14.4. The van der Waals surface area contributed by atoms with E-state index in [2.05, 4.69) is 34.6 Å². The molecule has 40 heavy (non-hydrogen) atoms. The topological polar surface area (TPSA) is 83.1 Å². The first-order chi connectivity index (χ1) is 19.4. The number of hydrogen-bond donors (Lipinski definition) is 2. The number of fused-ring (bicyclic) bond motifs is 3. The molecule has 0 radical (unpaired) electrons. The minimum Gasteiger partial charge on any atom is -0.497 e. The van der Waals surface area contributed by atoms with E-state index in [1.807, 2.05) is 56.9 Å². The van der Waals surface area contributed by atoms with Crippen molar-refractivity contribution in [2.75, 3.05) is 39.2 Å². The number of urea groups is 1. The number of ether oxygens (including phenoxy) is 2. The smallest absolute Gasteiger partial charge is 0.325 e. The van der Waals surface area contributed by atoms with Crippen molar-refractivity contribution in [3.8, 4) is 11.5 Å². The fraction of sp³-hybridized carbons (Fsp3) is 0.500. The molecular formula is C32H46N4O4. The van der Waals surface area contributed by atoms with Crippen LogP contribution in [0.15, 0.2) is 42.1 Å². The van der Waals surface area contributed by atoms with E-state index in [1.54, 1.807) is 14.2 Å². The summed E-state index contributed by atoms with van der Waals surface area (Å²) >= 11 is 0. The van der Waals surface area contributed by atoms with Crippen LogP contribution in [0, 0.1) is 13.8 Å². The number of anilines is 1. The molecule has 3 aliphatic rings. The van der Waals surface area contributed by atoms with Gasteiger partial charge in [0, 0.05) is 24.0 Å². The molecule has 3 amide bonds. The molecule has 5 rings (SSSR count). The van der Waals surface area contributed by atoms with Crippen LogP contribution in [0.5, 0.6) is 11.5 Å². The number of piperidine rings is 1. The molecule has 0 aromatic heterocycles. The van der Waals surface area contributed by atoms with Gasteiger partial charge in [0.05, 0.1) is 26.3 Å². The number of carbonyl (C=O) groups is 2. The van der Waals surface area contributed by atoms with E-state index >= 15 is 0 Å². The van der Waals surface area contributed by atoms with Crippen LogP contribution in [0.25, 0.3) is 0 Å². The lowest BCUT2D eigenvalue weighted by molar-refractivity contribution is -0.105. The second-order valence-electron chi connectivity index (χ2n) is 10.1. The Morgan fingerprint density at radius 1 is 1.07 bits per heavy atom. The van der Waals surface area contributed by atoms with Gasteiger partial charge in [-0.25, -0.2) is 4.79 Å². The minimum absolute atomic E-state index is 0.125. The molecule has 0 saturated carbocycles. The number of hydrogen-bond acceptors (Lipinski definition) is 5. The predicted molar refractivity (Wildman–Crippen MR) is 161 cm³/mol.